The molecule has 1 aromatic heterocycles. The van der Waals surface area contributed by atoms with Gasteiger partial charge < -0.3 is 4.57 Å². The van der Waals surface area contributed by atoms with E-state index in [1.54, 1.807) is 0 Å². The Bertz CT molecular complexity index is 677. The summed E-state index contributed by atoms with van der Waals surface area (Å²) in [6, 6.07) is 19.4. The molecule has 3 aromatic rings. The standard InChI is InChI=1S/C17H17N/c1-3-18-16-11-7-8-13(2)15(16)12-17(18)14-9-5-4-6-10-14/h4-12H,3H2,1-2H3. The molecule has 0 aliphatic rings. The van der Waals surface area contributed by atoms with E-state index in [2.05, 4.69) is 73.0 Å². The molecule has 0 atom stereocenters. The Morgan fingerprint density at radius 1 is 0.944 bits per heavy atom. The summed E-state index contributed by atoms with van der Waals surface area (Å²) >= 11 is 0. The number of hydrogen-bond acceptors (Lipinski definition) is 0. The van der Waals surface area contributed by atoms with E-state index < -0.39 is 0 Å². The Hall–Kier alpha value is -2.02. The first kappa shape index (κ1) is 11.1. The second-order valence-electron chi connectivity index (χ2n) is 4.65. The zero-order chi connectivity index (χ0) is 12.5. The van der Waals surface area contributed by atoms with E-state index in [0.717, 1.165) is 6.54 Å². The SMILES string of the molecule is CCn1c(-c2ccccc2)cc2c(C)cccc21. The molecule has 0 amide bonds. The van der Waals surface area contributed by atoms with Gasteiger partial charge in [-0.25, -0.2) is 0 Å². The molecule has 1 heterocycles. The van der Waals surface area contributed by atoms with E-state index in [1.807, 2.05) is 0 Å². The van der Waals surface area contributed by atoms with Crippen LogP contribution in [0, 0.1) is 6.92 Å². The van der Waals surface area contributed by atoms with Gasteiger partial charge in [-0.3, -0.25) is 0 Å². The predicted molar refractivity (Wildman–Crippen MR) is 77.8 cm³/mol. The van der Waals surface area contributed by atoms with Crippen LogP contribution in [0.15, 0.2) is 54.6 Å². The number of hydrogen-bond donors (Lipinski definition) is 0. The smallest absolute Gasteiger partial charge is 0.0491 e. The Kier molecular flexibility index (Phi) is 2.67. The summed E-state index contributed by atoms with van der Waals surface area (Å²) < 4.78 is 2.39. The third-order valence-corrected chi connectivity index (χ3v) is 3.55. The van der Waals surface area contributed by atoms with Crippen LogP contribution < -0.4 is 0 Å². The van der Waals surface area contributed by atoms with E-state index in [1.165, 1.54) is 27.7 Å². The minimum Gasteiger partial charge on any atom is -0.341 e. The van der Waals surface area contributed by atoms with Crippen molar-refractivity contribution in [3.63, 3.8) is 0 Å². The van der Waals surface area contributed by atoms with Gasteiger partial charge in [0.1, 0.15) is 0 Å². The van der Waals surface area contributed by atoms with Gasteiger partial charge in [0, 0.05) is 23.1 Å². The summed E-state index contributed by atoms with van der Waals surface area (Å²) in [5.41, 5.74) is 5.27. The first-order valence-corrected chi connectivity index (χ1v) is 6.45. The fourth-order valence-electron chi connectivity index (χ4n) is 2.62. The van der Waals surface area contributed by atoms with E-state index >= 15 is 0 Å². The van der Waals surface area contributed by atoms with Crippen molar-refractivity contribution in [2.45, 2.75) is 20.4 Å². The molecule has 0 aliphatic carbocycles. The van der Waals surface area contributed by atoms with Crippen molar-refractivity contribution in [2.24, 2.45) is 0 Å². The van der Waals surface area contributed by atoms with E-state index in [9.17, 15) is 0 Å². The second-order valence-corrected chi connectivity index (χ2v) is 4.65. The molecule has 0 fully saturated rings. The van der Waals surface area contributed by atoms with Crippen LogP contribution in [0.4, 0.5) is 0 Å². The molecule has 0 radical (unpaired) electrons. The normalized spacial score (nSPS) is 11.0. The van der Waals surface area contributed by atoms with Crippen LogP contribution in [-0.4, -0.2) is 4.57 Å². The zero-order valence-corrected chi connectivity index (χ0v) is 10.9. The Morgan fingerprint density at radius 2 is 1.72 bits per heavy atom. The summed E-state index contributed by atoms with van der Waals surface area (Å²) in [5.74, 6) is 0. The maximum Gasteiger partial charge on any atom is 0.0491 e. The minimum atomic E-state index is 0.997. The van der Waals surface area contributed by atoms with E-state index in [0.29, 0.717) is 0 Å². The summed E-state index contributed by atoms with van der Waals surface area (Å²) in [4.78, 5) is 0. The van der Waals surface area contributed by atoms with Gasteiger partial charge in [-0.15, -0.1) is 0 Å². The molecule has 0 unspecified atom stereocenters. The highest BCUT2D eigenvalue weighted by Gasteiger charge is 2.09. The second kappa shape index (κ2) is 4.34. The average molecular weight is 235 g/mol. The molecule has 3 rings (SSSR count). The molecular weight excluding hydrogens is 218 g/mol. The van der Waals surface area contributed by atoms with Gasteiger partial charge in [0.25, 0.3) is 0 Å². The molecule has 0 saturated heterocycles. The summed E-state index contributed by atoms with van der Waals surface area (Å²) in [5, 5.41) is 1.36. The summed E-state index contributed by atoms with van der Waals surface area (Å²) in [6.45, 7) is 5.38. The maximum atomic E-state index is 2.39. The van der Waals surface area contributed by atoms with Crippen molar-refractivity contribution < 1.29 is 0 Å². The van der Waals surface area contributed by atoms with E-state index in [-0.39, 0.29) is 0 Å². The van der Waals surface area contributed by atoms with Crippen molar-refractivity contribution in [2.75, 3.05) is 0 Å². The lowest BCUT2D eigenvalue weighted by Gasteiger charge is -2.07. The monoisotopic (exact) mass is 235 g/mol. The van der Waals surface area contributed by atoms with Gasteiger partial charge in [-0.1, -0.05) is 42.5 Å². The van der Waals surface area contributed by atoms with Gasteiger partial charge in [0.15, 0.2) is 0 Å². The summed E-state index contributed by atoms with van der Waals surface area (Å²) in [6.07, 6.45) is 0. The van der Waals surface area contributed by atoms with Gasteiger partial charge in [0.05, 0.1) is 0 Å². The Morgan fingerprint density at radius 3 is 2.44 bits per heavy atom. The third kappa shape index (κ3) is 1.63. The molecular formula is C17H17N. The largest absolute Gasteiger partial charge is 0.341 e. The zero-order valence-electron chi connectivity index (χ0n) is 10.9. The topological polar surface area (TPSA) is 4.93 Å². The highest BCUT2D eigenvalue weighted by molar-refractivity contribution is 5.89. The van der Waals surface area contributed by atoms with Gasteiger partial charge in [-0.05, 0) is 37.1 Å². The number of rotatable bonds is 2. The van der Waals surface area contributed by atoms with Crippen LogP contribution in [0.1, 0.15) is 12.5 Å². The first-order chi connectivity index (χ1) is 8.81. The fraction of sp³-hybridized carbons (Fsp3) is 0.176. The van der Waals surface area contributed by atoms with Crippen molar-refractivity contribution >= 4 is 10.9 Å². The van der Waals surface area contributed by atoms with Crippen LogP contribution >= 0.6 is 0 Å². The number of nitrogens with zero attached hydrogens (tertiary/aromatic N) is 1. The van der Waals surface area contributed by atoms with Crippen LogP contribution in [0.5, 0.6) is 0 Å². The molecule has 0 bridgehead atoms. The van der Waals surface area contributed by atoms with Crippen LogP contribution in [0.25, 0.3) is 22.2 Å². The lowest BCUT2D eigenvalue weighted by atomic mass is 10.1. The predicted octanol–water partition coefficient (Wildman–Crippen LogP) is 4.64. The van der Waals surface area contributed by atoms with Crippen molar-refractivity contribution in [1.29, 1.82) is 0 Å². The molecule has 2 aromatic carbocycles. The van der Waals surface area contributed by atoms with Crippen molar-refractivity contribution in [3.8, 4) is 11.3 Å². The molecule has 0 aliphatic heterocycles. The fourth-order valence-corrected chi connectivity index (χ4v) is 2.62. The highest BCUT2D eigenvalue weighted by Crippen LogP contribution is 2.29. The lowest BCUT2D eigenvalue weighted by molar-refractivity contribution is 0.805. The quantitative estimate of drug-likeness (QED) is 0.610. The Balaban J connectivity index is 2.33. The van der Waals surface area contributed by atoms with Crippen molar-refractivity contribution in [1.82, 2.24) is 4.57 Å². The highest BCUT2D eigenvalue weighted by atomic mass is 15.0. The number of aromatic nitrogens is 1. The van der Waals surface area contributed by atoms with Crippen LogP contribution in [0.3, 0.4) is 0 Å². The number of aryl methyl sites for hydroxylation is 2. The molecule has 1 nitrogen and oxygen atoms in total. The van der Waals surface area contributed by atoms with Crippen molar-refractivity contribution in [3.05, 3.63) is 60.2 Å². The summed E-state index contributed by atoms with van der Waals surface area (Å²) in [7, 11) is 0. The molecule has 18 heavy (non-hydrogen) atoms. The molecule has 0 saturated carbocycles. The average Bonchev–Trinajstić information content (AvgIpc) is 2.80. The van der Waals surface area contributed by atoms with Gasteiger partial charge >= 0.3 is 0 Å². The van der Waals surface area contributed by atoms with Crippen LogP contribution in [-0.2, 0) is 6.54 Å². The van der Waals surface area contributed by atoms with Gasteiger partial charge in [0.2, 0.25) is 0 Å². The van der Waals surface area contributed by atoms with Crippen LogP contribution in [0.2, 0.25) is 0 Å². The number of benzene rings is 2. The third-order valence-electron chi connectivity index (χ3n) is 3.55. The maximum absolute atomic E-state index is 2.39. The number of fused-ring (bicyclic) bond motifs is 1. The first-order valence-electron chi connectivity index (χ1n) is 6.45. The Labute approximate surface area is 108 Å². The lowest BCUT2D eigenvalue weighted by Crippen LogP contribution is -1.96. The molecule has 1 heteroatoms. The molecule has 0 spiro atoms. The van der Waals surface area contributed by atoms with E-state index in [4.69, 9.17) is 0 Å². The molecule has 0 N–H and O–H groups in total. The van der Waals surface area contributed by atoms with Gasteiger partial charge in [-0.2, -0.15) is 0 Å². The minimum absolute atomic E-state index is 0.997. The molecule has 90 valence electrons.